The van der Waals surface area contributed by atoms with Gasteiger partial charge in [0, 0.05) is 17.5 Å². The van der Waals surface area contributed by atoms with Gasteiger partial charge in [0.05, 0.1) is 0 Å². The van der Waals surface area contributed by atoms with Gasteiger partial charge in [-0.25, -0.2) is 0 Å². The van der Waals surface area contributed by atoms with E-state index in [-0.39, 0.29) is 12.5 Å². The zero-order valence-electron chi connectivity index (χ0n) is 23.2. The largest absolute Gasteiger partial charge is 0.490 e. The van der Waals surface area contributed by atoms with Crippen LogP contribution in [0.5, 0.6) is 23.0 Å². The molecule has 0 spiro atoms. The van der Waals surface area contributed by atoms with Gasteiger partial charge in [0.15, 0.2) is 11.5 Å². The third kappa shape index (κ3) is 5.19. The summed E-state index contributed by atoms with van der Waals surface area (Å²) in [6.45, 7) is 1.46. The average Bonchev–Trinajstić information content (AvgIpc) is 3.34. The molecule has 0 saturated heterocycles. The van der Waals surface area contributed by atoms with Crippen LogP contribution in [-0.2, 0) is 31.8 Å². The van der Waals surface area contributed by atoms with E-state index in [0.29, 0.717) is 37.7 Å². The van der Waals surface area contributed by atoms with E-state index in [1.54, 1.807) is 0 Å². The Morgan fingerprint density at radius 3 is 1.79 bits per heavy atom. The van der Waals surface area contributed by atoms with Crippen molar-refractivity contribution in [2.45, 2.75) is 37.8 Å². The molecule has 2 aliphatic rings. The van der Waals surface area contributed by atoms with Crippen LogP contribution in [0.3, 0.4) is 0 Å². The molecule has 1 aliphatic heterocycles. The van der Waals surface area contributed by atoms with Gasteiger partial charge in [-0.15, -0.1) is 0 Å². The second-order valence-electron chi connectivity index (χ2n) is 10.9. The van der Waals surface area contributed by atoms with Crippen molar-refractivity contribution in [3.05, 3.63) is 155 Å². The molecule has 42 heavy (non-hydrogen) atoms. The van der Waals surface area contributed by atoms with E-state index in [0.717, 1.165) is 44.9 Å². The summed E-state index contributed by atoms with van der Waals surface area (Å²) in [5, 5.41) is 12.1. The Morgan fingerprint density at radius 2 is 1.19 bits per heavy atom. The van der Waals surface area contributed by atoms with E-state index in [9.17, 15) is 5.11 Å². The topological polar surface area (TPSA) is 57.2 Å². The molecule has 0 radical (unpaired) electrons. The molecule has 5 nitrogen and oxygen atoms in total. The van der Waals surface area contributed by atoms with Crippen molar-refractivity contribution in [3.63, 3.8) is 0 Å². The van der Waals surface area contributed by atoms with Gasteiger partial charge in [0.1, 0.15) is 43.5 Å². The van der Waals surface area contributed by atoms with Crippen LogP contribution in [0.4, 0.5) is 0 Å². The molecule has 5 aromatic rings. The fourth-order valence-corrected chi connectivity index (χ4v) is 5.94. The van der Waals surface area contributed by atoms with Gasteiger partial charge in [0.25, 0.3) is 0 Å². The summed E-state index contributed by atoms with van der Waals surface area (Å²) in [4.78, 5) is 0. The summed E-state index contributed by atoms with van der Waals surface area (Å²) in [7, 11) is 0. The second kappa shape index (κ2) is 11.3. The van der Waals surface area contributed by atoms with Crippen molar-refractivity contribution in [1.82, 2.24) is 0 Å². The zero-order valence-corrected chi connectivity index (χ0v) is 23.2. The van der Waals surface area contributed by atoms with Crippen LogP contribution in [0, 0.1) is 0 Å². The van der Waals surface area contributed by atoms with Gasteiger partial charge in [-0.05, 0) is 52.4 Å². The number of aliphatic hydroxyl groups is 1. The predicted octanol–water partition coefficient (Wildman–Crippen LogP) is 7.34. The second-order valence-corrected chi connectivity index (χ2v) is 10.9. The first-order chi connectivity index (χ1) is 20.7. The molecule has 1 heterocycles. The first kappa shape index (κ1) is 26.2. The molecular weight excluding hydrogens is 524 g/mol. The minimum atomic E-state index is -1.17. The first-order valence-corrected chi connectivity index (χ1v) is 14.3. The normalized spacial score (nSPS) is 18.3. The quantitative estimate of drug-likeness (QED) is 0.206. The van der Waals surface area contributed by atoms with E-state index in [1.807, 2.05) is 121 Å². The molecule has 1 N–H and O–H groups in total. The van der Waals surface area contributed by atoms with Crippen molar-refractivity contribution < 1.29 is 24.1 Å². The molecule has 5 aromatic carbocycles. The van der Waals surface area contributed by atoms with Crippen molar-refractivity contribution in [2.24, 2.45) is 0 Å². The maximum Gasteiger partial charge on any atom is 0.162 e. The summed E-state index contributed by atoms with van der Waals surface area (Å²) in [5.74, 6) is 2.63. The molecule has 5 heteroatoms. The minimum absolute atomic E-state index is 0.147. The summed E-state index contributed by atoms with van der Waals surface area (Å²) in [6.07, 6.45) is 0.674. The number of ether oxygens (including phenoxy) is 4. The van der Waals surface area contributed by atoms with Gasteiger partial charge >= 0.3 is 0 Å². The number of hydrogen-bond acceptors (Lipinski definition) is 5. The van der Waals surface area contributed by atoms with Crippen molar-refractivity contribution in [3.8, 4) is 23.0 Å². The van der Waals surface area contributed by atoms with E-state index in [1.165, 1.54) is 0 Å². The van der Waals surface area contributed by atoms with Crippen LogP contribution in [-0.4, -0.2) is 11.7 Å². The smallest absolute Gasteiger partial charge is 0.162 e. The molecule has 0 aromatic heterocycles. The van der Waals surface area contributed by atoms with Crippen LogP contribution in [0.2, 0.25) is 0 Å². The molecular formula is C37H32O5. The van der Waals surface area contributed by atoms with Gasteiger partial charge in [-0.3, -0.25) is 0 Å². The lowest BCUT2D eigenvalue weighted by Gasteiger charge is -2.37. The van der Waals surface area contributed by atoms with Crippen LogP contribution in [0.25, 0.3) is 0 Å². The van der Waals surface area contributed by atoms with E-state index >= 15 is 0 Å². The first-order valence-electron chi connectivity index (χ1n) is 14.3. The van der Waals surface area contributed by atoms with Gasteiger partial charge in [-0.2, -0.15) is 0 Å². The summed E-state index contributed by atoms with van der Waals surface area (Å²) in [5.41, 5.74) is 4.92. The molecule has 2 atom stereocenters. The van der Waals surface area contributed by atoms with Crippen molar-refractivity contribution in [2.75, 3.05) is 6.61 Å². The molecule has 0 fully saturated rings. The monoisotopic (exact) mass is 556 g/mol. The average molecular weight is 557 g/mol. The van der Waals surface area contributed by atoms with Gasteiger partial charge in [-0.1, -0.05) is 97.1 Å². The highest BCUT2D eigenvalue weighted by Crippen LogP contribution is 2.54. The lowest BCUT2D eigenvalue weighted by molar-refractivity contribution is -0.0379. The standard InChI is InChI=1S/C37H32O5/c38-37-25-42-34-20-30(39-22-26-10-4-1-5-11-26)16-17-31(34)33(37)18-29-19-35(40-23-27-12-6-2-7-13-27)36(21-32(29)37)41-24-28-14-8-3-9-15-28/h1-17,19-21,33,38H,18,22-25H2/t33-,37+/m1/s1. The van der Waals surface area contributed by atoms with E-state index < -0.39 is 5.60 Å². The number of rotatable bonds is 9. The summed E-state index contributed by atoms with van der Waals surface area (Å²) in [6, 6.07) is 40.1. The van der Waals surface area contributed by atoms with Crippen LogP contribution in [0.1, 0.15) is 39.3 Å². The van der Waals surface area contributed by atoms with Crippen molar-refractivity contribution in [1.29, 1.82) is 0 Å². The Hall–Kier alpha value is -4.74. The highest BCUT2D eigenvalue weighted by atomic mass is 16.5. The third-order valence-electron chi connectivity index (χ3n) is 8.17. The zero-order chi connectivity index (χ0) is 28.4. The van der Waals surface area contributed by atoms with Crippen molar-refractivity contribution >= 4 is 0 Å². The Labute approximate surface area is 245 Å². The third-order valence-corrected chi connectivity index (χ3v) is 8.17. The van der Waals surface area contributed by atoms with Crippen LogP contribution in [0.15, 0.2) is 121 Å². The SMILES string of the molecule is O[C@]12COc3cc(OCc4ccccc4)ccc3[C@H]1Cc1cc(OCc3ccccc3)c(OCc3ccccc3)cc12. The Morgan fingerprint density at radius 1 is 0.643 bits per heavy atom. The molecule has 0 bridgehead atoms. The van der Waals surface area contributed by atoms with Crippen LogP contribution < -0.4 is 18.9 Å². The van der Waals surface area contributed by atoms with Gasteiger partial charge in [0.2, 0.25) is 0 Å². The van der Waals surface area contributed by atoms with E-state index in [4.69, 9.17) is 18.9 Å². The molecule has 0 unspecified atom stereocenters. The Bertz CT molecular complexity index is 1670. The number of fused-ring (bicyclic) bond motifs is 5. The number of benzene rings is 5. The molecule has 1 aliphatic carbocycles. The summed E-state index contributed by atoms with van der Waals surface area (Å²) >= 11 is 0. The van der Waals surface area contributed by atoms with E-state index in [2.05, 4.69) is 0 Å². The fraction of sp³-hybridized carbons (Fsp3) is 0.189. The minimum Gasteiger partial charge on any atom is -0.490 e. The molecule has 7 rings (SSSR count). The molecule has 0 amide bonds. The molecule has 210 valence electrons. The highest BCUT2D eigenvalue weighted by Gasteiger charge is 2.51. The Kier molecular flexibility index (Phi) is 7.02. The number of hydrogen-bond donors (Lipinski definition) is 1. The highest BCUT2D eigenvalue weighted by molar-refractivity contribution is 5.57. The van der Waals surface area contributed by atoms with Gasteiger partial charge < -0.3 is 24.1 Å². The predicted molar refractivity (Wildman–Crippen MR) is 161 cm³/mol. The lowest BCUT2D eigenvalue weighted by Crippen LogP contribution is -2.40. The van der Waals surface area contributed by atoms with Crippen LogP contribution >= 0.6 is 0 Å². The molecule has 0 saturated carbocycles. The lowest BCUT2D eigenvalue weighted by atomic mass is 9.80. The summed E-state index contributed by atoms with van der Waals surface area (Å²) < 4.78 is 24.9. The Balaban J connectivity index is 1.16. The maximum atomic E-state index is 12.1. The maximum absolute atomic E-state index is 12.1. The fourth-order valence-electron chi connectivity index (χ4n) is 5.94.